The molecule has 0 saturated heterocycles. The minimum absolute atomic E-state index is 0.0568. The predicted octanol–water partition coefficient (Wildman–Crippen LogP) is 8.39. The Labute approximate surface area is 348 Å². The first-order valence-corrected chi connectivity index (χ1v) is 21.0. The van der Waals surface area contributed by atoms with Gasteiger partial charge >= 0.3 is 0 Å². The lowest BCUT2D eigenvalue weighted by atomic mass is 9.91. The maximum Gasteiger partial charge on any atom is 0.133 e. The number of nitrogens with zero attached hydrogens (tertiary/aromatic N) is 6. The first-order valence-electron chi connectivity index (χ1n) is 21.0. The lowest BCUT2D eigenvalue weighted by molar-refractivity contribution is 0.389. The summed E-state index contributed by atoms with van der Waals surface area (Å²) < 4.78 is 0. The number of terminal acetylenes is 1. The summed E-state index contributed by atoms with van der Waals surface area (Å²) in [6.45, 7) is 3.57. The molecule has 3 fully saturated rings. The average Bonchev–Trinajstić information content (AvgIpc) is 3.25. The van der Waals surface area contributed by atoms with Gasteiger partial charge in [0, 0.05) is 87.4 Å². The fraction of sp³-hybridized carbons (Fsp3) is 0.400. The fourth-order valence-corrected chi connectivity index (χ4v) is 8.52. The molecule has 3 aliphatic carbocycles. The van der Waals surface area contributed by atoms with Crippen molar-refractivity contribution in [2.24, 2.45) is 30.0 Å². The van der Waals surface area contributed by atoms with Gasteiger partial charge in [-0.3, -0.25) is 30.0 Å². The summed E-state index contributed by atoms with van der Waals surface area (Å²) in [5.41, 5.74) is 5.39. The van der Waals surface area contributed by atoms with Gasteiger partial charge in [-0.2, -0.15) is 0 Å². The van der Waals surface area contributed by atoms with E-state index >= 15 is 0 Å². The van der Waals surface area contributed by atoms with Crippen LogP contribution in [0.3, 0.4) is 0 Å². The summed E-state index contributed by atoms with van der Waals surface area (Å²) in [5.74, 6) is 15.2. The van der Waals surface area contributed by atoms with Crippen LogP contribution in [0.1, 0.15) is 141 Å². The second-order valence-corrected chi connectivity index (χ2v) is 15.8. The number of benzene rings is 3. The molecule has 0 radical (unpaired) electrons. The lowest BCUT2D eigenvalue weighted by Crippen LogP contribution is -2.27. The zero-order valence-electron chi connectivity index (χ0n) is 34.0. The van der Waals surface area contributed by atoms with Crippen molar-refractivity contribution in [3.8, 4) is 53.3 Å². The summed E-state index contributed by atoms with van der Waals surface area (Å²) in [4.78, 5) is 30.0. The highest BCUT2D eigenvalue weighted by Gasteiger charge is 2.27. The molecule has 0 aromatic heterocycles. The summed E-state index contributed by atoms with van der Waals surface area (Å²) >= 11 is 0. The largest absolute Gasteiger partial charge is 0.507 e. The Morgan fingerprint density at radius 1 is 0.407 bits per heavy atom. The van der Waals surface area contributed by atoms with Crippen molar-refractivity contribution in [3.05, 3.63) is 86.5 Å². The Morgan fingerprint density at radius 3 is 0.831 bits per heavy atom. The van der Waals surface area contributed by atoms with Gasteiger partial charge in [0.1, 0.15) is 17.2 Å². The molecule has 3 N–H and O–H groups in total. The van der Waals surface area contributed by atoms with E-state index in [4.69, 9.17) is 36.4 Å². The van der Waals surface area contributed by atoms with Gasteiger partial charge in [0.25, 0.3) is 0 Å². The standard InChI is InChI=1S/C50H52N6O3/c1-4-13-34-23-38-29-53-44-17-9-7-15-42(44)51-27-36-21-33(6-3)22-37(48(36)57)28-52-43-16-8-10-18-45(43)54-30-39-24-35(14-5-2)26-41(50(39)59)32-56-47-20-12-11-19-46(47)55-31-40(25-34)49(38)58/h3,21-32,42-47,57-59H,7-12,15-20H2,1-2H3. The molecule has 1 aliphatic heterocycles. The molecule has 9 nitrogen and oxygen atoms in total. The summed E-state index contributed by atoms with van der Waals surface area (Å²) in [7, 11) is 0. The first kappa shape index (κ1) is 40.9. The Balaban J connectivity index is 1.33. The quantitative estimate of drug-likeness (QED) is 0.198. The Kier molecular flexibility index (Phi) is 13.5. The normalized spacial score (nSPS) is 24.2. The highest BCUT2D eigenvalue weighted by atomic mass is 16.3. The van der Waals surface area contributed by atoms with Crippen LogP contribution < -0.4 is 0 Å². The second-order valence-electron chi connectivity index (χ2n) is 15.8. The van der Waals surface area contributed by atoms with Gasteiger partial charge in [-0.05, 0) is 88.8 Å². The van der Waals surface area contributed by atoms with E-state index in [-0.39, 0.29) is 53.5 Å². The molecule has 59 heavy (non-hydrogen) atoms. The maximum atomic E-state index is 11.6. The van der Waals surface area contributed by atoms with E-state index < -0.39 is 0 Å². The molecule has 0 amide bonds. The maximum absolute atomic E-state index is 11.6. The molecule has 4 aliphatic rings. The van der Waals surface area contributed by atoms with Gasteiger partial charge in [-0.25, -0.2) is 0 Å². The molecular formula is C50H52N6O3. The van der Waals surface area contributed by atoms with Gasteiger partial charge in [-0.1, -0.05) is 56.3 Å². The highest BCUT2D eigenvalue weighted by molar-refractivity contribution is 5.95. The third-order valence-corrected chi connectivity index (χ3v) is 11.7. The van der Waals surface area contributed by atoms with Crippen LogP contribution in [0.25, 0.3) is 0 Å². The van der Waals surface area contributed by atoms with Crippen LogP contribution in [0, 0.1) is 36.0 Å². The number of aliphatic imine (C=N–C) groups is 6. The average molecular weight is 785 g/mol. The Morgan fingerprint density at radius 2 is 0.627 bits per heavy atom. The lowest BCUT2D eigenvalue weighted by Gasteiger charge is -2.26. The van der Waals surface area contributed by atoms with E-state index in [2.05, 4.69) is 29.6 Å². The van der Waals surface area contributed by atoms with Crippen LogP contribution in [0.5, 0.6) is 17.2 Å². The fourth-order valence-electron chi connectivity index (χ4n) is 8.52. The highest BCUT2D eigenvalue weighted by Crippen LogP contribution is 2.31. The zero-order valence-corrected chi connectivity index (χ0v) is 34.0. The molecule has 6 atom stereocenters. The molecule has 7 rings (SSSR count). The molecular weight excluding hydrogens is 733 g/mol. The smallest absolute Gasteiger partial charge is 0.133 e. The SMILES string of the molecule is C#Cc1cc2c(O)c(c1)C=NC1CCCCC1N=Cc1cc(C#CC)cc(c1O)C=NC1CCCCC1N=Cc1cc(C#CC)cc(c1O)C=NC1CCCCC1N=C2. The molecule has 0 spiro atoms. The number of hydrogen-bond acceptors (Lipinski definition) is 9. The van der Waals surface area contributed by atoms with E-state index in [1.54, 1.807) is 63.3 Å². The van der Waals surface area contributed by atoms with E-state index in [0.29, 0.717) is 38.9 Å². The summed E-state index contributed by atoms with van der Waals surface area (Å²) in [5, 5.41) is 34.7. The number of aromatic hydroxyl groups is 3. The molecule has 3 aromatic rings. The van der Waals surface area contributed by atoms with Crippen molar-refractivity contribution < 1.29 is 15.3 Å². The number of phenols is 3. The Hall–Kier alpha value is -6.24. The van der Waals surface area contributed by atoms with Crippen molar-refractivity contribution in [2.45, 2.75) is 127 Å². The van der Waals surface area contributed by atoms with Crippen LogP contribution >= 0.6 is 0 Å². The van der Waals surface area contributed by atoms with Crippen molar-refractivity contribution in [1.82, 2.24) is 0 Å². The van der Waals surface area contributed by atoms with Crippen LogP contribution in [0.15, 0.2) is 66.4 Å². The van der Waals surface area contributed by atoms with Crippen LogP contribution in [-0.4, -0.2) is 88.9 Å². The van der Waals surface area contributed by atoms with Crippen LogP contribution in [0.4, 0.5) is 0 Å². The minimum atomic E-state index is -0.121. The number of hydrogen-bond donors (Lipinski definition) is 3. The molecule has 6 unspecified atom stereocenters. The molecule has 3 aromatic carbocycles. The number of phenolic OH excluding ortho intramolecular Hbond substituents is 3. The predicted molar refractivity (Wildman–Crippen MR) is 241 cm³/mol. The van der Waals surface area contributed by atoms with Gasteiger partial charge < -0.3 is 15.3 Å². The van der Waals surface area contributed by atoms with E-state index in [1.165, 1.54) is 0 Å². The number of fused-ring (bicyclic) bond motifs is 9. The first-order chi connectivity index (χ1) is 28.8. The molecule has 1 heterocycles. The minimum Gasteiger partial charge on any atom is -0.507 e. The van der Waals surface area contributed by atoms with E-state index in [9.17, 15) is 15.3 Å². The van der Waals surface area contributed by atoms with Gasteiger partial charge in [-0.15, -0.1) is 18.3 Å². The van der Waals surface area contributed by atoms with E-state index in [1.807, 2.05) is 24.3 Å². The molecule has 3 saturated carbocycles. The van der Waals surface area contributed by atoms with Crippen LogP contribution in [0.2, 0.25) is 0 Å². The van der Waals surface area contributed by atoms with E-state index in [0.717, 1.165) is 88.2 Å². The van der Waals surface area contributed by atoms with Crippen molar-refractivity contribution in [2.75, 3.05) is 0 Å². The third kappa shape index (κ3) is 10.1. The van der Waals surface area contributed by atoms with Gasteiger partial charge in [0.05, 0.1) is 36.3 Å². The monoisotopic (exact) mass is 784 g/mol. The Bertz CT molecular complexity index is 2240. The summed E-state index contributed by atoms with van der Waals surface area (Å²) in [6, 6.07) is 10.2. The summed E-state index contributed by atoms with van der Waals surface area (Å²) in [6.07, 6.45) is 27.5. The zero-order chi connectivity index (χ0) is 41.1. The van der Waals surface area contributed by atoms with Crippen LogP contribution in [-0.2, 0) is 0 Å². The second kappa shape index (κ2) is 19.5. The number of rotatable bonds is 0. The molecule has 6 bridgehead atoms. The van der Waals surface area contributed by atoms with Gasteiger partial charge in [0.2, 0.25) is 0 Å². The molecule has 300 valence electrons. The van der Waals surface area contributed by atoms with Crippen molar-refractivity contribution in [1.29, 1.82) is 0 Å². The van der Waals surface area contributed by atoms with Crippen molar-refractivity contribution in [3.63, 3.8) is 0 Å². The van der Waals surface area contributed by atoms with Gasteiger partial charge in [0.15, 0.2) is 0 Å². The van der Waals surface area contributed by atoms with Crippen molar-refractivity contribution >= 4 is 37.3 Å². The third-order valence-electron chi connectivity index (χ3n) is 11.7. The molecule has 9 heteroatoms. The topological polar surface area (TPSA) is 135 Å².